The second-order valence-electron chi connectivity index (χ2n) is 5.62. The molecule has 0 amide bonds. The Bertz CT molecular complexity index is 900. The Kier molecular flexibility index (Phi) is 3.98. The standard InChI is InChI=1S/C19H19N3O/c1-13-9-11-17(12-10-13)22-19(23)18(15(3)21-22)14(2)20-16-7-5-4-6-8-16/h4-12,21H,1-3H3. The van der Waals surface area contributed by atoms with Crippen molar-refractivity contribution in [2.75, 3.05) is 0 Å². The van der Waals surface area contributed by atoms with Gasteiger partial charge in [0.2, 0.25) is 0 Å². The van der Waals surface area contributed by atoms with Gasteiger partial charge in [0, 0.05) is 5.69 Å². The molecule has 23 heavy (non-hydrogen) atoms. The molecule has 3 rings (SSSR count). The number of hydrogen-bond acceptors (Lipinski definition) is 2. The third kappa shape index (κ3) is 3.01. The van der Waals surface area contributed by atoms with Gasteiger partial charge in [-0.1, -0.05) is 35.9 Å². The van der Waals surface area contributed by atoms with Crippen LogP contribution in [0.2, 0.25) is 0 Å². The summed E-state index contributed by atoms with van der Waals surface area (Å²) in [7, 11) is 0. The van der Waals surface area contributed by atoms with E-state index in [0.29, 0.717) is 11.3 Å². The molecule has 0 aliphatic heterocycles. The van der Waals surface area contributed by atoms with Crippen molar-refractivity contribution in [3.63, 3.8) is 0 Å². The van der Waals surface area contributed by atoms with Crippen LogP contribution in [0.15, 0.2) is 64.4 Å². The Morgan fingerprint density at radius 2 is 1.65 bits per heavy atom. The minimum atomic E-state index is -0.0801. The van der Waals surface area contributed by atoms with E-state index < -0.39 is 0 Å². The summed E-state index contributed by atoms with van der Waals surface area (Å²) in [5, 5.41) is 3.14. The molecular formula is C19H19N3O. The highest BCUT2D eigenvalue weighted by Gasteiger charge is 2.14. The van der Waals surface area contributed by atoms with Gasteiger partial charge in [-0.15, -0.1) is 0 Å². The molecule has 0 saturated carbocycles. The number of aliphatic imine (C=N–C) groups is 1. The van der Waals surface area contributed by atoms with Gasteiger partial charge in [0.1, 0.15) is 0 Å². The molecule has 2 aromatic carbocycles. The van der Waals surface area contributed by atoms with E-state index >= 15 is 0 Å². The summed E-state index contributed by atoms with van der Waals surface area (Å²) < 4.78 is 1.56. The van der Waals surface area contributed by atoms with Crippen LogP contribution in [0.4, 0.5) is 5.69 Å². The third-order valence-corrected chi connectivity index (χ3v) is 3.78. The largest absolute Gasteiger partial charge is 0.295 e. The minimum Gasteiger partial charge on any atom is -0.295 e. The Morgan fingerprint density at radius 3 is 2.30 bits per heavy atom. The van der Waals surface area contributed by atoms with Gasteiger partial charge in [0.25, 0.3) is 5.56 Å². The zero-order valence-electron chi connectivity index (χ0n) is 13.5. The minimum absolute atomic E-state index is 0.0801. The predicted octanol–water partition coefficient (Wildman–Crippen LogP) is 3.92. The van der Waals surface area contributed by atoms with Crippen LogP contribution in [-0.4, -0.2) is 15.5 Å². The first-order chi connectivity index (χ1) is 11.1. The number of aromatic nitrogens is 2. The van der Waals surface area contributed by atoms with E-state index in [1.165, 1.54) is 0 Å². The van der Waals surface area contributed by atoms with E-state index in [9.17, 15) is 4.79 Å². The number of benzene rings is 2. The number of nitrogens with one attached hydrogen (secondary N) is 1. The lowest BCUT2D eigenvalue weighted by atomic mass is 10.1. The lowest BCUT2D eigenvalue weighted by Crippen LogP contribution is -2.19. The first-order valence-corrected chi connectivity index (χ1v) is 7.55. The van der Waals surface area contributed by atoms with E-state index in [-0.39, 0.29) is 5.56 Å². The second kappa shape index (κ2) is 6.08. The van der Waals surface area contributed by atoms with Crippen molar-refractivity contribution in [3.05, 3.63) is 81.8 Å². The Balaban J connectivity index is 2.06. The summed E-state index contributed by atoms with van der Waals surface area (Å²) in [6, 6.07) is 17.5. The molecule has 3 aromatic rings. The fraction of sp³-hybridized carbons (Fsp3) is 0.158. The van der Waals surface area contributed by atoms with Crippen LogP contribution in [-0.2, 0) is 0 Å². The molecule has 4 heteroatoms. The van der Waals surface area contributed by atoms with Gasteiger partial charge in [-0.3, -0.25) is 14.9 Å². The van der Waals surface area contributed by atoms with Gasteiger partial charge in [-0.25, -0.2) is 4.68 Å². The van der Waals surface area contributed by atoms with E-state index in [1.807, 2.05) is 75.4 Å². The Morgan fingerprint density at radius 1 is 1.00 bits per heavy atom. The molecule has 0 spiro atoms. The van der Waals surface area contributed by atoms with Crippen LogP contribution >= 0.6 is 0 Å². The predicted molar refractivity (Wildman–Crippen MR) is 94.2 cm³/mol. The van der Waals surface area contributed by atoms with Crippen LogP contribution < -0.4 is 5.56 Å². The van der Waals surface area contributed by atoms with Gasteiger partial charge >= 0.3 is 0 Å². The van der Waals surface area contributed by atoms with Crippen molar-refractivity contribution in [3.8, 4) is 5.69 Å². The zero-order valence-corrected chi connectivity index (χ0v) is 13.5. The summed E-state index contributed by atoms with van der Waals surface area (Å²) in [6.07, 6.45) is 0. The lowest BCUT2D eigenvalue weighted by molar-refractivity contribution is 0.835. The number of hydrogen-bond donors (Lipinski definition) is 1. The molecule has 1 heterocycles. The molecule has 0 radical (unpaired) electrons. The number of aromatic amines is 1. The molecule has 1 N–H and O–H groups in total. The number of nitrogens with zero attached hydrogens (tertiary/aromatic N) is 2. The quantitative estimate of drug-likeness (QED) is 0.732. The van der Waals surface area contributed by atoms with Crippen LogP contribution in [0.25, 0.3) is 5.69 Å². The smallest absolute Gasteiger partial charge is 0.280 e. The normalized spacial score (nSPS) is 11.7. The van der Waals surface area contributed by atoms with Crippen LogP contribution in [0.5, 0.6) is 0 Å². The topological polar surface area (TPSA) is 50.1 Å². The monoisotopic (exact) mass is 305 g/mol. The molecule has 0 atom stereocenters. The van der Waals surface area contributed by atoms with Crippen molar-refractivity contribution < 1.29 is 0 Å². The molecule has 1 aromatic heterocycles. The maximum Gasteiger partial charge on any atom is 0.280 e. The highest BCUT2D eigenvalue weighted by molar-refractivity contribution is 6.00. The molecular weight excluding hydrogens is 286 g/mol. The fourth-order valence-electron chi connectivity index (χ4n) is 2.60. The second-order valence-corrected chi connectivity index (χ2v) is 5.62. The average Bonchev–Trinajstić information content (AvgIpc) is 2.84. The maximum atomic E-state index is 12.8. The van der Waals surface area contributed by atoms with Gasteiger partial charge < -0.3 is 0 Å². The number of aryl methyl sites for hydroxylation is 2. The van der Waals surface area contributed by atoms with E-state index in [4.69, 9.17) is 0 Å². The average molecular weight is 305 g/mol. The van der Waals surface area contributed by atoms with Crippen LogP contribution in [0.1, 0.15) is 23.7 Å². The van der Waals surface area contributed by atoms with Crippen molar-refractivity contribution >= 4 is 11.4 Å². The first kappa shape index (κ1) is 15.0. The molecule has 0 bridgehead atoms. The maximum absolute atomic E-state index is 12.8. The highest BCUT2D eigenvalue weighted by Crippen LogP contribution is 2.14. The Hall–Kier alpha value is -2.88. The fourth-order valence-corrected chi connectivity index (χ4v) is 2.60. The molecule has 116 valence electrons. The van der Waals surface area contributed by atoms with E-state index in [0.717, 1.165) is 22.6 Å². The number of para-hydroxylation sites is 1. The summed E-state index contributed by atoms with van der Waals surface area (Å²) in [6.45, 7) is 5.78. The molecule has 0 aliphatic rings. The van der Waals surface area contributed by atoms with Crippen molar-refractivity contribution in [2.45, 2.75) is 20.8 Å². The molecule has 0 fully saturated rings. The van der Waals surface area contributed by atoms with Crippen molar-refractivity contribution in [1.82, 2.24) is 9.78 Å². The summed E-state index contributed by atoms with van der Waals surface area (Å²) in [4.78, 5) is 17.3. The summed E-state index contributed by atoms with van der Waals surface area (Å²) in [5.41, 5.74) is 4.88. The highest BCUT2D eigenvalue weighted by atomic mass is 16.1. The third-order valence-electron chi connectivity index (χ3n) is 3.78. The molecule has 4 nitrogen and oxygen atoms in total. The van der Waals surface area contributed by atoms with Crippen LogP contribution in [0, 0.1) is 13.8 Å². The van der Waals surface area contributed by atoms with Gasteiger partial charge in [0.15, 0.2) is 0 Å². The number of H-pyrrole nitrogens is 1. The van der Waals surface area contributed by atoms with Gasteiger partial charge in [-0.05, 0) is 45.0 Å². The van der Waals surface area contributed by atoms with Crippen molar-refractivity contribution in [1.29, 1.82) is 0 Å². The summed E-state index contributed by atoms with van der Waals surface area (Å²) in [5.74, 6) is 0. The van der Waals surface area contributed by atoms with Crippen molar-refractivity contribution in [2.24, 2.45) is 4.99 Å². The number of rotatable bonds is 3. The zero-order chi connectivity index (χ0) is 16.4. The first-order valence-electron chi connectivity index (χ1n) is 7.55. The van der Waals surface area contributed by atoms with E-state index in [2.05, 4.69) is 10.1 Å². The molecule has 0 aliphatic carbocycles. The van der Waals surface area contributed by atoms with Gasteiger partial charge in [0.05, 0.1) is 22.6 Å². The van der Waals surface area contributed by atoms with Crippen LogP contribution in [0.3, 0.4) is 0 Å². The molecule has 0 saturated heterocycles. The SMILES string of the molecule is CC(=Nc1ccccc1)c1c(C)[nH]n(-c2ccc(C)cc2)c1=O. The Labute approximate surface area is 135 Å². The lowest BCUT2D eigenvalue weighted by Gasteiger charge is -2.01. The summed E-state index contributed by atoms with van der Waals surface area (Å²) >= 11 is 0. The van der Waals surface area contributed by atoms with E-state index in [1.54, 1.807) is 4.68 Å². The van der Waals surface area contributed by atoms with Gasteiger partial charge in [-0.2, -0.15) is 0 Å². The molecule has 0 unspecified atom stereocenters.